The van der Waals surface area contributed by atoms with Gasteiger partial charge in [0.2, 0.25) is 0 Å². The molecule has 0 saturated carbocycles. The lowest BCUT2D eigenvalue weighted by Gasteiger charge is -2.16. The van der Waals surface area contributed by atoms with Crippen LogP contribution in [0.3, 0.4) is 0 Å². The summed E-state index contributed by atoms with van der Waals surface area (Å²) >= 11 is 1.75. The van der Waals surface area contributed by atoms with Gasteiger partial charge in [-0.05, 0) is 31.5 Å². The number of alkyl halides is 1. The van der Waals surface area contributed by atoms with E-state index in [4.69, 9.17) is 0 Å². The Morgan fingerprint density at radius 1 is 1.50 bits per heavy atom. The Balaban J connectivity index is 2.02. The topological polar surface area (TPSA) is 12.0 Å². The number of nitrogens with one attached hydrogen (secondary N) is 1. The van der Waals surface area contributed by atoms with Crippen molar-refractivity contribution in [3.05, 3.63) is 21.9 Å². The molecule has 0 spiro atoms. The van der Waals surface area contributed by atoms with E-state index in [-0.39, 0.29) is 0 Å². The van der Waals surface area contributed by atoms with Gasteiger partial charge in [0.15, 0.2) is 0 Å². The van der Waals surface area contributed by atoms with Gasteiger partial charge in [-0.25, -0.2) is 4.39 Å². The van der Waals surface area contributed by atoms with Gasteiger partial charge in [-0.15, -0.1) is 11.3 Å². The highest BCUT2D eigenvalue weighted by atomic mass is 32.1. The van der Waals surface area contributed by atoms with Crippen LogP contribution in [0.5, 0.6) is 0 Å². The highest BCUT2D eigenvalue weighted by Crippen LogP contribution is 2.28. The van der Waals surface area contributed by atoms with Crippen LogP contribution in [0, 0.1) is 0 Å². The van der Waals surface area contributed by atoms with Crippen molar-refractivity contribution >= 4 is 11.3 Å². The van der Waals surface area contributed by atoms with E-state index in [2.05, 4.69) is 24.4 Å². The van der Waals surface area contributed by atoms with E-state index in [1.165, 1.54) is 9.75 Å². The molecule has 0 aromatic carbocycles. The predicted molar refractivity (Wildman–Crippen MR) is 58.7 cm³/mol. The Bertz CT molecular complexity index is 302. The number of rotatable bonds is 3. The Hall–Kier alpha value is -0.410. The molecule has 3 heteroatoms. The second-order valence-corrected chi connectivity index (χ2v) is 5.23. The van der Waals surface area contributed by atoms with E-state index in [0.29, 0.717) is 19.4 Å². The van der Waals surface area contributed by atoms with Crippen molar-refractivity contribution in [3.8, 4) is 0 Å². The lowest BCUT2D eigenvalue weighted by Crippen LogP contribution is -2.28. The van der Waals surface area contributed by atoms with Crippen molar-refractivity contribution in [2.24, 2.45) is 0 Å². The molecule has 0 aliphatic carbocycles. The summed E-state index contributed by atoms with van der Waals surface area (Å²) in [4.78, 5) is 2.54. The summed E-state index contributed by atoms with van der Waals surface area (Å²) in [5, 5.41) is 3.08. The Kier molecular flexibility index (Phi) is 2.88. The molecule has 1 saturated heterocycles. The van der Waals surface area contributed by atoms with Crippen LogP contribution in [0.25, 0.3) is 0 Å². The molecule has 1 atom stereocenters. The molecule has 0 bridgehead atoms. The fourth-order valence-electron chi connectivity index (χ4n) is 1.88. The van der Waals surface area contributed by atoms with Crippen molar-refractivity contribution in [1.82, 2.24) is 5.32 Å². The van der Waals surface area contributed by atoms with Gasteiger partial charge in [0.1, 0.15) is 5.67 Å². The van der Waals surface area contributed by atoms with Crippen LogP contribution < -0.4 is 5.32 Å². The van der Waals surface area contributed by atoms with Gasteiger partial charge in [-0.3, -0.25) is 0 Å². The van der Waals surface area contributed by atoms with Gasteiger partial charge in [-0.1, -0.05) is 6.92 Å². The largest absolute Gasteiger partial charge is 0.313 e. The van der Waals surface area contributed by atoms with E-state index in [1.54, 1.807) is 11.3 Å². The smallest absolute Gasteiger partial charge is 0.129 e. The first kappa shape index (κ1) is 10.1. The maximum Gasteiger partial charge on any atom is 0.129 e. The molecule has 78 valence electrons. The first-order chi connectivity index (χ1) is 6.72. The van der Waals surface area contributed by atoms with Crippen LogP contribution in [0.2, 0.25) is 0 Å². The predicted octanol–water partition coefficient (Wildman–Crippen LogP) is 2.55. The average molecular weight is 213 g/mol. The highest BCUT2D eigenvalue weighted by molar-refractivity contribution is 7.12. The first-order valence-corrected chi connectivity index (χ1v) is 6.01. The molecule has 1 fully saturated rings. The van der Waals surface area contributed by atoms with Gasteiger partial charge in [0.25, 0.3) is 0 Å². The highest BCUT2D eigenvalue weighted by Gasteiger charge is 2.33. The Morgan fingerprint density at radius 2 is 2.29 bits per heavy atom. The summed E-state index contributed by atoms with van der Waals surface area (Å²) in [6.07, 6.45) is 2.30. The summed E-state index contributed by atoms with van der Waals surface area (Å²) in [5.74, 6) is 0. The normalized spacial score (nSPS) is 27.0. The van der Waals surface area contributed by atoms with E-state index in [9.17, 15) is 4.39 Å². The van der Waals surface area contributed by atoms with Crippen LogP contribution in [0.15, 0.2) is 12.1 Å². The molecule has 0 amide bonds. The maximum atomic E-state index is 14.1. The summed E-state index contributed by atoms with van der Waals surface area (Å²) in [6.45, 7) is 3.48. The third-order valence-electron chi connectivity index (χ3n) is 2.75. The molecular formula is C11H16FNS. The molecule has 2 rings (SSSR count). The van der Waals surface area contributed by atoms with Crippen molar-refractivity contribution < 1.29 is 4.39 Å². The minimum Gasteiger partial charge on any atom is -0.313 e. The third kappa shape index (κ3) is 2.15. The van der Waals surface area contributed by atoms with E-state index in [0.717, 1.165) is 13.0 Å². The van der Waals surface area contributed by atoms with Crippen LogP contribution in [0.4, 0.5) is 4.39 Å². The van der Waals surface area contributed by atoms with E-state index < -0.39 is 5.67 Å². The van der Waals surface area contributed by atoms with E-state index >= 15 is 0 Å². The molecule has 1 aliphatic rings. The number of hydrogen-bond donors (Lipinski definition) is 1. The standard InChI is InChI=1S/C11H16FNS/c1-2-9-3-4-10(14-9)7-11(12)5-6-13-8-11/h3-4,13H,2,5-8H2,1H3. The van der Waals surface area contributed by atoms with Crippen molar-refractivity contribution in [3.63, 3.8) is 0 Å². The molecule has 2 heterocycles. The summed E-state index contributed by atoms with van der Waals surface area (Å²) in [7, 11) is 0. The zero-order valence-electron chi connectivity index (χ0n) is 8.48. The van der Waals surface area contributed by atoms with Gasteiger partial charge in [0.05, 0.1) is 0 Å². The summed E-state index contributed by atoms with van der Waals surface area (Å²) in [5.41, 5.74) is -0.990. The van der Waals surface area contributed by atoms with Gasteiger partial charge in [-0.2, -0.15) is 0 Å². The number of halogens is 1. The van der Waals surface area contributed by atoms with E-state index in [1.807, 2.05) is 0 Å². The zero-order valence-corrected chi connectivity index (χ0v) is 9.29. The average Bonchev–Trinajstić information content (AvgIpc) is 2.75. The third-order valence-corrected chi connectivity index (χ3v) is 3.98. The molecule has 1 nitrogen and oxygen atoms in total. The molecule has 0 radical (unpaired) electrons. The molecular weight excluding hydrogens is 197 g/mol. The first-order valence-electron chi connectivity index (χ1n) is 5.19. The van der Waals surface area contributed by atoms with Crippen LogP contribution in [0.1, 0.15) is 23.1 Å². The molecule has 14 heavy (non-hydrogen) atoms. The number of aryl methyl sites for hydroxylation is 1. The lowest BCUT2D eigenvalue weighted by atomic mass is 10.0. The quantitative estimate of drug-likeness (QED) is 0.813. The Morgan fingerprint density at radius 3 is 2.86 bits per heavy atom. The van der Waals surface area contributed by atoms with Crippen molar-refractivity contribution in [2.75, 3.05) is 13.1 Å². The maximum absolute atomic E-state index is 14.1. The summed E-state index contributed by atoms with van der Waals surface area (Å²) < 4.78 is 14.1. The second-order valence-electron chi connectivity index (χ2n) is 3.98. The number of thiophene rings is 1. The van der Waals surface area contributed by atoms with Gasteiger partial charge >= 0.3 is 0 Å². The monoisotopic (exact) mass is 213 g/mol. The zero-order chi connectivity index (χ0) is 10.0. The molecule has 1 unspecified atom stereocenters. The fourth-order valence-corrected chi connectivity index (χ4v) is 2.97. The Labute approximate surface area is 88.3 Å². The van der Waals surface area contributed by atoms with Crippen LogP contribution >= 0.6 is 11.3 Å². The fraction of sp³-hybridized carbons (Fsp3) is 0.636. The molecule has 1 N–H and O–H groups in total. The van der Waals surface area contributed by atoms with Crippen molar-refractivity contribution in [2.45, 2.75) is 31.9 Å². The minimum absolute atomic E-state index is 0.520. The van der Waals surface area contributed by atoms with Gasteiger partial charge in [0, 0.05) is 22.7 Å². The molecule has 1 aromatic heterocycles. The SMILES string of the molecule is CCc1ccc(CC2(F)CCNC2)s1. The van der Waals surface area contributed by atoms with Gasteiger partial charge < -0.3 is 5.32 Å². The van der Waals surface area contributed by atoms with Crippen LogP contribution in [-0.4, -0.2) is 18.8 Å². The lowest BCUT2D eigenvalue weighted by molar-refractivity contribution is 0.192. The molecule has 1 aromatic rings. The molecule has 1 aliphatic heterocycles. The van der Waals surface area contributed by atoms with Crippen molar-refractivity contribution in [1.29, 1.82) is 0 Å². The second kappa shape index (κ2) is 3.99. The minimum atomic E-state index is -0.990. The number of hydrogen-bond acceptors (Lipinski definition) is 2. The summed E-state index contributed by atoms with van der Waals surface area (Å²) in [6, 6.07) is 4.19. The van der Waals surface area contributed by atoms with Crippen LogP contribution in [-0.2, 0) is 12.8 Å².